The van der Waals surface area contributed by atoms with Crippen molar-refractivity contribution in [1.82, 2.24) is 25.0 Å². The maximum atomic E-state index is 12.2. The van der Waals surface area contributed by atoms with Crippen molar-refractivity contribution in [3.63, 3.8) is 0 Å². The first kappa shape index (κ1) is 21.4. The van der Waals surface area contributed by atoms with Crippen molar-refractivity contribution in [2.24, 2.45) is 0 Å². The highest BCUT2D eigenvalue weighted by molar-refractivity contribution is 5.76. The van der Waals surface area contributed by atoms with Crippen molar-refractivity contribution in [2.45, 2.75) is 52.2 Å². The summed E-state index contributed by atoms with van der Waals surface area (Å²) in [5.41, 5.74) is 1.38. The number of rotatable bonds is 7. The summed E-state index contributed by atoms with van der Waals surface area (Å²) in [6, 6.07) is 7.67. The Balaban J connectivity index is 1.76. The van der Waals surface area contributed by atoms with Gasteiger partial charge in [0.05, 0.1) is 11.7 Å². The molecule has 1 unspecified atom stereocenters. The normalized spacial score (nSPS) is 12.3. The molecule has 8 nitrogen and oxygen atoms in total. The van der Waals surface area contributed by atoms with Crippen LogP contribution in [0.15, 0.2) is 36.9 Å². The number of ether oxygens (including phenoxy) is 1. The number of aromatic nitrogens is 3. The van der Waals surface area contributed by atoms with Gasteiger partial charge in [-0.3, -0.25) is 4.79 Å². The van der Waals surface area contributed by atoms with Crippen LogP contribution in [0.4, 0.5) is 4.79 Å². The van der Waals surface area contributed by atoms with Crippen LogP contribution in [0.1, 0.15) is 52.1 Å². The van der Waals surface area contributed by atoms with Crippen LogP contribution in [0.5, 0.6) is 0 Å². The van der Waals surface area contributed by atoms with Crippen molar-refractivity contribution in [3.8, 4) is 5.69 Å². The lowest BCUT2D eigenvalue weighted by Gasteiger charge is -2.24. The lowest BCUT2D eigenvalue weighted by atomic mass is 10.1. The Kier molecular flexibility index (Phi) is 7.14. The van der Waals surface area contributed by atoms with Crippen molar-refractivity contribution in [1.29, 1.82) is 0 Å². The van der Waals surface area contributed by atoms with Gasteiger partial charge in [0.2, 0.25) is 5.91 Å². The highest BCUT2D eigenvalue weighted by atomic mass is 16.6. The minimum absolute atomic E-state index is 0.0505. The molecule has 28 heavy (non-hydrogen) atoms. The van der Waals surface area contributed by atoms with Crippen LogP contribution in [-0.2, 0) is 9.53 Å². The van der Waals surface area contributed by atoms with Crippen LogP contribution in [0.25, 0.3) is 5.69 Å². The van der Waals surface area contributed by atoms with Crippen LogP contribution in [0, 0.1) is 0 Å². The zero-order valence-corrected chi connectivity index (χ0v) is 17.2. The zero-order valence-electron chi connectivity index (χ0n) is 17.2. The van der Waals surface area contributed by atoms with E-state index in [0.717, 1.165) is 11.3 Å². The van der Waals surface area contributed by atoms with E-state index in [1.54, 1.807) is 18.1 Å². The van der Waals surface area contributed by atoms with E-state index in [1.807, 2.05) is 52.0 Å². The molecular weight excluding hydrogens is 358 g/mol. The molecule has 0 saturated heterocycles. The average molecular weight is 387 g/mol. The van der Waals surface area contributed by atoms with Crippen molar-refractivity contribution >= 4 is 12.0 Å². The smallest absolute Gasteiger partial charge is 0.410 e. The number of nitrogens with zero attached hydrogens (tertiary/aromatic N) is 4. The predicted octanol–water partition coefficient (Wildman–Crippen LogP) is 3.09. The maximum Gasteiger partial charge on any atom is 0.410 e. The molecule has 0 fully saturated rings. The van der Waals surface area contributed by atoms with E-state index in [0.29, 0.717) is 19.4 Å². The molecule has 1 N–H and O–H groups in total. The van der Waals surface area contributed by atoms with Gasteiger partial charge in [-0.2, -0.15) is 5.10 Å². The SMILES string of the molecule is CC(NC(=O)CCCN(C)C(=O)OC(C)(C)C)c1ccc(-n2cncn2)cc1. The summed E-state index contributed by atoms with van der Waals surface area (Å²) < 4.78 is 6.97. The Bertz CT molecular complexity index is 766. The highest BCUT2D eigenvalue weighted by Crippen LogP contribution is 2.15. The molecule has 0 saturated carbocycles. The fourth-order valence-corrected chi connectivity index (χ4v) is 2.56. The minimum atomic E-state index is -0.526. The van der Waals surface area contributed by atoms with Gasteiger partial charge in [-0.05, 0) is 51.8 Å². The number of carbonyl (C=O) groups excluding carboxylic acids is 2. The van der Waals surface area contributed by atoms with Crippen molar-refractivity contribution in [2.75, 3.05) is 13.6 Å². The molecule has 0 radical (unpaired) electrons. The lowest BCUT2D eigenvalue weighted by Crippen LogP contribution is -2.35. The molecule has 0 bridgehead atoms. The second-order valence-corrected chi connectivity index (χ2v) is 7.73. The molecule has 0 spiro atoms. The van der Waals surface area contributed by atoms with Gasteiger partial charge in [0.15, 0.2) is 0 Å². The molecule has 2 rings (SSSR count). The van der Waals surface area contributed by atoms with Crippen molar-refractivity contribution in [3.05, 3.63) is 42.5 Å². The first-order chi connectivity index (χ1) is 13.2. The molecule has 1 atom stereocenters. The van der Waals surface area contributed by atoms with Gasteiger partial charge in [-0.1, -0.05) is 12.1 Å². The zero-order chi connectivity index (χ0) is 20.7. The quantitative estimate of drug-likeness (QED) is 0.788. The number of hydrogen-bond acceptors (Lipinski definition) is 5. The molecular formula is C20H29N5O3. The third-order valence-electron chi connectivity index (χ3n) is 4.06. The van der Waals surface area contributed by atoms with E-state index in [9.17, 15) is 9.59 Å². The second-order valence-electron chi connectivity index (χ2n) is 7.73. The van der Waals surface area contributed by atoms with Crippen molar-refractivity contribution < 1.29 is 14.3 Å². The van der Waals surface area contributed by atoms with Crippen LogP contribution >= 0.6 is 0 Å². The summed E-state index contributed by atoms with van der Waals surface area (Å²) in [4.78, 5) is 29.5. The first-order valence-electron chi connectivity index (χ1n) is 9.34. The summed E-state index contributed by atoms with van der Waals surface area (Å²) in [5, 5.41) is 7.07. The molecule has 1 aromatic carbocycles. The number of benzene rings is 1. The Morgan fingerprint density at radius 3 is 2.50 bits per heavy atom. The van der Waals surface area contributed by atoms with E-state index in [1.165, 1.54) is 11.2 Å². The van der Waals surface area contributed by atoms with Gasteiger partial charge in [0.25, 0.3) is 0 Å². The molecule has 2 aromatic rings. The van der Waals surface area contributed by atoms with Gasteiger partial charge in [-0.15, -0.1) is 0 Å². The highest BCUT2D eigenvalue weighted by Gasteiger charge is 2.19. The van der Waals surface area contributed by atoms with Crippen LogP contribution in [0.3, 0.4) is 0 Å². The minimum Gasteiger partial charge on any atom is -0.444 e. The summed E-state index contributed by atoms with van der Waals surface area (Å²) in [6.45, 7) is 7.88. The number of nitrogens with one attached hydrogen (secondary N) is 1. The fraction of sp³-hybridized carbons (Fsp3) is 0.500. The molecule has 1 aromatic heterocycles. The molecule has 2 amide bonds. The summed E-state index contributed by atoms with van der Waals surface area (Å²) in [6.07, 6.45) is 3.65. The van der Waals surface area contributed by atoms with E-state index in [-0.39, 0.29) is 18.0 Å². The predicted molar refractivity (Wildman–Crippen MR) is 106 cm³/mol. The van der Waals surface area contributed by atoms with Crippen LogP contribution < -0.4 is 5.32 Å². The second kappa shape index (κ2) is 9.34. The number of hydrogen-bond donors (Lipinski definition) is 1. The Morgan fingerprint density at radius 1 is 1.25 bits per heavy atom. The van der Waals surface area contributed by atoms with E-state index in [2.05, 4.69) is 15.4 Å². The Hall–Kier alpha value is -2.90. The van der Waals surface area contributed by atoms with Crippen LogP contribution in [0.2, 0.25) is 0 Å². The monoisotopic (exact) mass is 387 g/mol. The third kappa shape index (κ3) is 6.68. The van der Waals surface area contributed by atoms with Gasteiger partial charge >= 0.3 is 6.09 Å². The summed E-state index contributed by atoms with van der Waals surface area (Å²) in [5.74, 6) is -0.0505. The van der Waals surface area contributed by atoms with Gasteiger partial charge in [-0.25, -0.2) is 14.5 Å². The molecule has 8 heteroatoms. The van der Waals surface area contributed by atoms with E-state index >= 15 is 0 Å². The largest absolute Gasteiger partial charge is 0.444 e. The molecule has 0 aliphatic heterocycles. The summed E-state index contributed by atoms with van der Waals surface area (Å²) in [7, 11) is 1.67. The number of carbonyl (C=O) groups is 2. The van der Waals surface area contributed by atoms with Gasteiger partial charge < -0.3 is 15.0 Å². The Morgan fingerprint density at radius 2 is 1.93 bits per heavy atom. The van der Waals surface area contributed by atoms with E-state index in [4.69, 9.17) is 4.74 Å². The molecule has 0 aliphatic carbocycles. The average Bonchev–Trinajstić information content (AvgIpc) is 3.15. The van der Waals surface area contributed by atoms with Gasteiger partial charge in [0, 0.05) is 20.0 Å². The molecule has 0 aliphatic rings. The fourth-order valence-electron chi connectivity index (χ4n) is 2.56. The summed E-state index contributed by atoms with van der Waals surface area (Å²) >= 11 is 0. The topological polar surface area (TPSA) is 89.4 Å². The van der Waals surface area contributed by atoms with Gasteiger partial charge in [0.1, 0.15) is 18.3 Å². The van der Waals surface area contributed by atoms with Crippen LogP contribution in [-0.4, -0.2) is 50.9 Å². The molecule has 1 heterocycles. The van der Waals surface area contributed by atoms with E-state index < -0.39 is 5.60 Å². The molecule has 152 valence electrons. The standard InChI is InChI=1S/C20H29N5O3/c1-15(16-8-10-17(11-9-16)25-14-21-13-22-25)23-18(26)7-6-12-24(5)19(27)28-20(2,3)4/h8-11,13-15H,6-7,12H2,1-5H3,(H,23,26). The third-order valence-corrected chi connectivity index (χ3v) is 4.06. The lowest BCUT2D eigenvalue weighted by molar-refractivity contribution is -0.121. The maximum absolute atomic E-state index is 12.2. The number of amides is 2. The Labute approximate surface area is 165 Å². The first-order valence-corrected chi connectivity index (χ1v) is 9.34.